The van der Waals surface area contributed by atoms with Crippen LogP contribution < -0.4 is 0 Å². The van der Waals surface area contributed by atoms with Gasteiger partial charge in [0.15, 0.2) is 0 Å². The van der Waals surface area contributed by atoms with Gasteiger partial charge >= 0.3 is 498 Å². The second-order valence-electron chi connectivity index (χ2n) is 24.9. The van der Waals surface area contributed by atoms with Crippen LogP contribution in [-0.2, 0) is 25.2 Å². The molecule has 0 aromatic rings. The van der Waals surface area contributed by atoms with Gasteiger partial charge in [-0.25, -0.2) is 0 Å². The van der Waals surface area contributed by atoms with Crippen LogP contribution in [0, 0.1) is 35.5 Å². The van der Waals surface area contributed by atoms with Gasteiger partial charge in [-0.3, -0.25) is 0 Å². The SMILES string of the molecule is CCCCCCC(CC)CP12(CC(CC)CCCCCC)[O][Sb]([O]1)[O]2.CCCCCCC(CC)CP12(CC(CC)CCCCCC)[O][Sb]([O]1)[O]2.CCCCCCC(CC)CP12(CC(CC)CCCCCC)[O][Sb]([O]1)[O]2. The van der Waals surface area contributed by atoms with Crippen molar-refractivity contribution in [2.75, 3.05) is 37.0 Å². The van der Waals surface area contributed by atoms with E-state index in [2.05, 4.69) is 83.1 Å². The zero-order valence-corrected chi connectivity index (χ0v) is 61.9. The minimum atomic E-state index is -2.61. The summed E-state index contributed by atoms with van der Waals surface area (Å²) in [5.41, 5.74) is 0. The molecule has 6 atom stereocenters. The molecule has 9 saturated heterocycles. The van der Waals surface area contributed by atoms with E-state index in [1.807, 2.05) is 0 Å². The van der Waals surface area contributed by atoms with Gasteiger partial charge in [0, 0.05) is 0 Å². The Labute approximate surface area is 493 Å². The molecule has 6 unspecified atom stereocenters. The van der Waals surface area contributed by atoms with Gasteiger partial charge in [-0.15, -0.1) is 0 Å². The zero-order chi connectivity index (χ0) is 54.6. The average Bonchev–Trinajstić information content (AvgIpc) is 3.35. The molecule has 9 aliphatic heterocycles. The van der Waals surface area contributed by atoms with E-state index in [-0.39, 0.29) is 0 Å². The third-order valence-corrected chi connectivity index (χ3v) is 68.3. The molecule has 0 spiro atoms. The van der Waals surface area contributed by atoms with Gasteiger partial charge in [-0.2, -0.15) is 0 Å². The molecular weight excluding hydrogens is 1320 g/mol. The van der Waals surface area contributed by atoms with Crippen molar-refractivity contribution in [2.24, 2.45) is 35.5 Å². The Morgan fingerprint density at radius 3 is 0.453 bits per heavy atom. The molecule has 0 radical (unpaired) electrons. The Bertz CT molecular complexity index is 1210. The van der Waals surface area contributed by atoms with Gasteiger partial charge in [0.1, 0.15) is 0 Å². The molecule has 0 saturated carbocycles. The van der Waals surface area contributed by atoms with Crippen LogP contribution in [0.1, 0.15) is 314 Å². The van der Waals surface area contributed by atoms with E-state index in [1.165, 1.54) is 231 Å². The topological polar surface area (TPSA) is 83.1 Å². The van der Waals surface area contributed by atoms with Crippen LogP contribution >= 0.6 is 21.9 Å². The standard InChI is InChI=1S/3C20H42O3P.3Sb/c3*1-5-9-11-13-15-19(7-3)17-24(21,22,23)18-20(8-4)16-14-12-10-6-2;;;/h3*19-20H,5-18H2,1-4H3;;;/q3*-3;3*+3. The van der Waals surface area contributed by atoms with Crippen molar-refractivity contribution in [3.05, 3.63) is 0 Å². The summed E-state index contributed by atoms with van der Waals surface area (Å²) in [6.45, 7) is 27.7. The van der Waals surface area contributed by atoms with Crippen LogP contribution in [0.15, 0.2) is 0 Å². The number of hydrogen-bond acceptors (Lipinski definition) is 9. The first-order chi connectivity index (χ1) is 36.3. The van der Waals surface area contributed by atoms with Crippen LogP contribution in [0.3, 0.4) is 0 Å². The normalized spacial score (nSPS) is 24.6. The Morgan fingerprint density at radius 1 is 0.213 bits per heavy atom. The van der Waals surface area contributed by atoms with Crippen molar-refractivity contribution < 1.29 is 25.2 Å². The molecular formula is C60H126O9P3Sb3. The number of hydrogen-bond donors (Lipinski definition) is 0. The monoisotopic (exact) mass is 1450 g/mol. The third-order valence-electron chi connectivity index (χ3n) is 18.2. The van der Waals surface area contributed by atoms with Gasteiger partial charge in [-0.05, 0) is 0 Å². The molecule has 0 amide bonds. The Morgan fingerprint density at radius 2 is 0.360 bits per heavy atom. The molecule has 0 aliphatic carbocycles. The van der Waals surface area contributed by atoms with Crippen molar-refractivity contribution in [2.45, 2.75) is 314 Å². The summed E-state index contributed by atoms with van der Waals surface area (Å²) in [4.78, 5) is 0. The van der Waals surface area contributed by atoms with E-state index in [1.54, 1.807) is 0 Å². The van der Waals surface area contributed by atoms with Crippen molar-refractivity contribution >= 4 is 86.3 Å². The number of rotatable bonds is 48. The van der Waals surface area contributed by atoms with Gasteiger partial charge in [-0.1, -0.05) is 0 Å². The van der Waals surface area contributed by atoms with Crippen LogP contribution in [0.4, 0.5) is 0 Å². The molecule has 450 valence electrons. The van der Waals surface area contributed by atoms with Crippen LogP contribution in [0.2, 0.25) is 0 Å². The quantitative estimate of drug-likeness (QED) is 0.0336. The van der Waals surface area contributed by atoms with Gasteiger partial charge in [0.05, 0.1) is 0 Å². The van der Waals surface area contributed by atoms with Gasteiger partial charge < -0.3 is 0 Å². The summed E-state index contributed by atoms with van der Waals surface area (Å²) in [6, 6.07) is 0. The fraction of sp³-hybridized carbons (Fsp3) is 1.00. The Balaban J connectivity index is 0.000000243. The molecule has 9 aliphatic rings. The summed E-state index contributed by atoms with van der Waals surface area (Å²) in [7, 11) is -7.82. The predicted octanol–water partition coefficient (Wildman–Crippen LogP) is 22.0. The molecule has 6 bridgehead atoms. The molecule has 9 rings (SSSR count). The Hall–Kier alpha value is 3.38. The summed E-state index contributed by atoms with van der Waals surface area (Å²) >= 11 is -6.11. The van der Waals surface area contributed by atoms with Gasteiger partial charge in [0.25, 0.3) is 0 Å². The van der Waals surface area contributed by atoms with Gasteiger partial charge in [0.2, 0.25) is 0 Å². The average molecular weight is 1450 g/mol. The molecule has 0 N–H and O–H groups in total. The van der Waals surface area contributed by atoms with Crippen molar-refractivity contribution in [1.82, 2.24) is 0 Å². The zero-order valence-electron chi connectivity index (χ0n) is 51.5. The second kappa shape index (κ2) is 36.4. The predicted molar refractivity (Wildman–Crippen MR) is 332 cm³/mol. The van der Waals surface area contributed by atoms with E-state index in [0.29, 0.717) is 0 Å². The van der Waals surface area contributed by atoms with Crippen LogP contribution in [0.25, 0.3) is 0 Å². The van der Waals surface area contributed by atoms with E-state index in [0.717, 1.165) is 72.5 Å². The molecule has 0 aromatic heterocycles. The van der Waals surface area contributed by atoms with Crippen LogP contribution in [-0.4, -0.2) is 101 Å². The third kappa shape index (κ3) is 22.0. The fourth-order valence-electron chi connectivity index (χ4n) is 12.9. The van der Waals surface area contributed by atoms with E-state index < -0.39 is 86.3 Å². The molecule has 9 nitrogen and oxygen atoms in total. The maximum absolute atomic E-state index is 6.39. The molecule has 9 fully saturated rings. The maximum atomic E-state index is 6.39. The Kier molecular flexibility index (Phi) is 34.4. The molecule has 15 heteroatoms. The van der Waals surface area contributed by atoms with E-state index >= 15 is 0 Å². The van der Waals surface area contributed by atoms with Crippen molar-refractivity contribution in [3.8, 4) is 0 Å². The number of unbranched alkanes of at least 4 members (excludes halogenated alkanes) is 18. The first kappa shape index (κ1) is 70.9. The first-order valence-electron chi connectivity index (χ1n) is 33.0. The first-order valence-corrected chi connectivity index (χ1v) is 49.5. The second-order valence-corrected chi connectivity index (χ2v) is 52.3. The summed E-state index contributed by atoms with van der Waals surface area (Å²) < 4.78 is 57.5. The molecule has 75 heavy (non-hydrogen) atoms. The van der Waals surface area contributed by atoms with Crippen LogP contribution in [0.5, 0.6) is 0 Å². The van der Waals surface area contributed by atoms with Crippen molar-refractivity contribution in [1.29, 1.82) is 0 Å². The summed E-state index contributed by atoms with van der Waals surface area (Å²) in [5.74, 6) is 4.39. The van der Waals surface area contributed by atoms with Crippen molar-refractivity contribution in [3.63, 3.8) is 0 Å². The summed E-state index contributed by atoms with van der Waals surface area (Å²) in [6.07, 6.45) is 54.5. The van der Waals surface area contributed by atoms with E-state index in [4.69, 9.17) is 25.2 Å². The molecule has 9 heterocycles. The summed E-state index contributed by atoms with van der Waals surface area (Å²) in [5, 5.41) is 0. The minimum absolute atomic E-state index is 0.732. The fourth-order valence-corrected chi connectivity index (χ4v) is 60.1. The molecule has 0 aromatic carbocycles. The van der Waals surface area contributed by atoms with E-state index in [9.17, 15) is 0 Å².